The van der Waals surface area contributed by atoms with E-state index in [1.807, 2.05) is 36.4 Å². The maximum atomic E-state index is 6.06. The molecule has 80 valence electrons. The van der Waals surface area contributed by atoms with Gasteiger partial charge in [-0.1, -0.05) is 47.5 Å². The molecule has 1 heterocycles. The smallest absolute Gasteiger partial charge is 0.0664 e. The second-order valence-electron chi connectivity index (χ2n) is 3.26. The van der Waals surface area contributed by atoms with Crippen molar-refractivity contribution in [1.82, 2.24) is 4.98 Å². The highest BCUT2D eigenvalue weighted by atomic mass is 35.5. The number of rotatable bonds is 2. The zero-order chi connectivity index (χ0) is 11.4. The summed E-state index contributed by atoms with van der Waals surface area (Å²) < 4.78 is 0. The fourth-order valence-electron chi connectivity index (χ4n) is 1.31. The molecule has 0 atom stereocenters. The van der Waals surface area contributed by atoms with E-state index >= 15 is 0 Å². The van der Waals surface area contributed by atoms with Crippen molar-refractivity contribution < 1.29 is 0 Å². The number of hydrogen-bond acceptors (Lipinski definition) is 1. The van der Waals surface area contributed by atoms with Gasteiger partial charge in [0, 0.05) is 12.4 Å². The first-order valence-corrected chi connectivity index (χ1v) is 5.55. The largest absolute Gasteiger partial charge is 0.265 e. The Labute approximate surface area is 104 Å². The number of benzene rings is 1. The molecule has 0 saturated carbocycles. The van der Waals surface area contributed by atoms with Crippen LogP contribution in [0.2, 0.25) is 10.0 Å². The zero-order valence-electron chi connectivity index (χ0n) is 8.40. The van der Waals surface area contributed by atoms with E-state index in [1.165, 1.54) is 0 Å². The van der Waals surface area contributed by atoms with E-state index in [1.54, 1.807) is 18.5 Å². The number of nitrogens with zero attached hydrogens (tertiary/aromatic N) is 1. The topological polar surface area (TPSA) is 12.9 Å². The fraction of sp³-hybridized carbons (Fsp3) is 0. The number of halogens is 2. The molecular weight excluding hydrogens is 241 g/mol. The van der Waals surface area contributed by atoms with E-state index in [-0.39, 0.29) is 0 Å². The number of hydrogen-bond donors (Lipinski definition) is 0. The standard InChI is InChI=1S/C13H9Cl2N/c14-12-3-1-2-11(13(12)15)5-4-10-6-8-16-9-7-10/h1-9H. The van der Waals surface area contributed by atoms with Crippen LogP contribution in [0.1, 0.15) is 11.1 Å². The molecule has 0 fully saturated rings. The highest BCUT2D eigenvalue weighted by Crippen LogP contribution is 2.26. The van der Waals surface area contributed by atoms with Crippen LogP contribution >= 0.6 is 23.2 Å². The lowest BCUT2D eigenvalue weighted by molar-refractivity contribution is 1.32. The summed E-state index contributed by atoms with van der Waals surface area (Å²) in [6.07, 6.45) is 7.40. The van der Waals surface area contributed by atoms with Crippen molar-refractivity contribution >= 4 is 35.4 Å². The van der Waals surface area contributed by atoms with Crippen LogP contribution in [0.25, 0.3) is 12.2 Å². The van der Waals surface area contributed by atoms with E-state index in [2.05, 4.69) is 4.98 Å². The Hall–Kier alpha value is -1.31. The summed E-state index contributed by atoms with van der Waals surface area (Å²) in [4.78, 5) is 3.95. The van der Waals surface area contributed by atoms with Gasteiger partial charge in [-0.3, -0.25) is 4.98 Å². The summed E-state index contributed by atoms with van der Waals surface area (Å²) in [5.74, 6) is 0. The maximum Gasteiger partial charge on any atom is 0.0664 e. The molecular formula is C13H9Cl2N. The molecule has 2 rings (SSSR count). The Bertz CT molecular complexity index is 507. The van der Waals surface area contributed by atoms with E-state index in [0.29, 0.717) is 10.0 Å². The molecule has 16 heavy (non-hydrogen) atoms. The minimum atomic E-state index is 0.568. The first-order valence-electron chi connectivity index (χ1n) is 4.79. The quantitative estimate of drug-likeness (QED) is 0.761. The maximum absolute atomic E-state index is 6.06. The van der Waals surface area contributed by atoms with Gasteiger partial charge in [-0.2, -0.15) is 0 Å². The molecule has 1 aromatic carbocycles. The van der Waals surface area contributed by atoms with Gasteiger partial charge in [0.15, 0.2) is 0 Å². The molecule has 0 radical (unpaired) electrons. The van der Waals surface area contributed by atoms with Gasteiger partial charge < -0.3 is 0 Å². The molecule has 0 aliphatic rings. The van der Waals surface area contributed by atoms with Crippen LogP contribution in [0.5, 0.6) is 0 Å². The molecule has 0 spiro atoms. The fourth-order valence-corrected chi connectivity index (χ4v) is 1.68. The van der Waals surface area contributed by atoms with E-state index in [4.69, 9.17) is 23.2 Å². The molecule has 2 aromatic rings. The minimum Gasteiger partial charge on any atom is -0.265 e. The number of pyridine rings is 1. The minimum absolute atomic E-state index is 0.568. The van der Waals surface area contributed by atoms with Gasteiger partial charge in [0.05, 0.1) is 10.0 Å². The van der Waals surface area contributed by atoms with Crippen LogP contribution in [0.3, 0.4) is 0 Å². The van der Waals surface area contributed by atoms with Crippen LogP contribution < -0.4 is 0 Å². The van der Waals surface area contributed by atoms with Gasteiger partial charge in [0.2, 0.25) is 0 Å². The van der Waals surface area contributed by atoms with E-state index in [9.17, 15) is 0 Å². The Morgan fingerprint density at radius 2 is 1.69 bits per heavy atom. The van der Waals surface area contributed by atoms with Gasteiger partial charge in [-0.05, 0) is 29.3 Å². The summed E-state index contributed by atoms with van der Waals surface area (Å²) in [5, 5.41) is 1.15. The first-order chi connectivity index (χ1) is 7.77. The predicted molar refractivity (Wildman–Crippen MR) is 69.6 cm³/mol. The third-order valence-corrected chi connectivity index (χ3v) is 2.98. The molecule has 0 amide bonds. The number of aromatic nitrogens is 1. The highest BCUT2D eigenvalue weighted by molar-refractivity contribution is 6.42. The Balaban J connectivity index is 2.28. The van der Waals surface area contributed by atoms with Crippen LogP contribution in [-0.2, 0) is 0 Å². The Morgan fingerprint density at radius 3 is 2.44 bits per heavy atom. The predicted octanol–water partition coefficient (Wildman–Crippen LogP) is 4.56. The van der Waals surface area contributed by atoms with E-state index < -0.39 is 0 Å². The molecule has 0 aliphatic heterocycles. The van der Waals surface area contributed by atoms with Crippen molar-refractivity contribution in [2.75, 3.05) is 0 Å². The summed E-state index contributed by atoms with van der Waals surface area (Å²) in [6.45, 7) is 0. The van der Waals surface area contributed by atoms with Crippen LogP contribution in [0.4, 0.5) is 0 Å². The molecule has 3 heteroatoms. The summed E-state index contributed by atoms with van der Waals surface area (Å²) in [6, 6.07) is 9.42. The molecule has 0 bridgehead atoms. The van der Waals surface area contributed by atoms with Crippen molar-refractivity contribution in [2.24, 2.45) is 0 Å². The van der Waals surface area contributed by atoms with Gasteiger partial charge >= 0.3 is 0 Å². The van der Waals surface area contributed by atoms with Gasteiger partial charge in [0.1, 0.15) is 0 Å². The van der Waals surface area contributed by atoms with Gasteiger partial charge in [-0.25, -0.2) is 0 Å². The van der Waals surface area contributed by atoms with Crippen molar-refractivity contribution in [3.8, 4) is 0 Å². The van der Waals surface area contributed by atoms with Crippen molar-refractivity contribution in [3.05, 3.63) is 63.9 Å². The van der Waals surface area contributed by atoms with Crippen molar-refractivity contribution in [3.63, 3.8) is 0 Å². The third-order valence-electron chi connectivity index (χ3n) is 2.14. The third kappa shape index (κ3) is 2.63. The monoisotopic (exact) mass is 249 g/mol. The average molecular weight is 250 g/mol. The normalized spacial score (nSPS) is 10.9. The zero-order valence-corrected chi connectivity index (χ0v) is 9.91. The molecule has 0 N–H and O–H groups in total. The lowest BCUT2D eigenvalue weighted by Crippen LogP contribution is -1.77. The van der Waals surface area contributed by atoms with Crippen LogP contribution in [0, 0.1) is 0 Å². The molecule has 0 aliphatic carbocycles. The summed E-state index contributed by atoms with van der Waals surface area (Å²) in [7, 11) is 0. The molecule has 0 saturated heterocycles. The van der Waals surface area contributed by atoms with Crippen molar-refractivity contribution in [2.45, 2.75) is 0 Å². The van der Waals surface area contributed by atoms with E-state index in [0.717, 1.165) is 11.1 Å². The Kier molecular flexibility index (Phi) is 3.60. The average Bonchev–Trinajstić information content (AvgIpc) is 2.32. The lowest BCUT2D eigenvalue weighted by Gasteiger charge is -1.99. The van der Waals surface area contributed by atoms with Crippen LogP contribution in [0.15, 0.2) is 42.7 Å². The lowest BCUT2D eigenvalue weighted by atomic mass is 10.1. The molecule has 1 nitrogen and oxygen atoms in total. The Morgan fingerprint density at radius 1 is 0.938 bits per heavy atom. The molecule has 1 aromatic heterocycles. The van der Waals surface area contributed by atoms with Crippen LogP contribution in [-0.4, -0.2) is 4.98 Å². The van der Waals surface area contributed by atoms with Crippen molar-refractivity contribution in [1.29, 1.82) is 0 Å². The first kappa shape index (κ1) is 11.2. The van der Waals surface area contributed by atoms with Gasteiger partial charge in [0.25, 0.3) is 0 Å². The SMILES string of the molecule is Clc1cccc(C=Cc2ccncc2)c1Cl. The molecule has 0 unspecified atom stereocenters. The van der Waals surface area contributed by atoms with Gasteiger partial charge in [-0.15, -0.1) is 0 Å². The second-order valence-corrected chi connectivity index (χ2v) is 4.04. The highest BCUT2D eigenvalue weighted by Gasteiger charge is 2.00. The summed E-state index contributed by atoms with van der Waals surface area (Å²) in [5.41, 5.74) is 1.98. The summed E-state index contributed by atoms with van der Waals surface area (Å²) >= 11 is 12.0. The second kappa shape index (κ2) is 5.15.